The number of ether oxygens (including phenoxy) is 1. The third-order valence-electron chi connectivity index (χ3n) is 3.75. The summed E-state index contributed by atoms with van der Waals surface area (Å²) in [7, 11) is 0. The van der Waals surface area contributed by atoms with Crippen LogP contribution in [0.5, 0.6) is 0 Å². The molecule has 2 aliphatic heterocycles. The van der Waals surface area contributed by atoms with Gasteiger partial charge in [-0.1, -0.05) is 30.3 Å². The molecule has 7 heteroatoms. The van der Waals surface area contributed by atoms with Crippen molar-refractivity contribution in [3.63, 3.8) is 0 Å². The van der Waals surface area contributed by atoms with Crippen LogP contribution in [0.2, 0.25) is 0 Å². The molecule has 0 atom stereocenters. The number of hydrazine groups is 1. The van der Waals surface area contributed by atoms with Crippen LogP contribution in [0.3, 0.4) is 0 Å². The lowest BCUT2D eigenvalue weighted by atomic mass is 10.2. The van der Waals surface area contributed by atoms with Gasteiger partial charge < -0.3 is 14.6 Å². The minimum atomic E-state index is -0.361. The molecular formula is C16H23N3O4. The van der Waals surface area contributed by atoms with Gasteiger partial charge in [-0.15, -0.1) is 0 Å². The van der Waals surface area contributed by atoms with Crippen molar-refractivity contribution in [1.82, 2.24) is 14.9 Å². The summed E-state index contributed by atoms with van der Waals surface area (Å²) in [5.74, 6) is 0. The summed E-state index contributed by atoms with van der Waals surface area (Å²) >= 11 is 0. The molecule has 126 valence electrons. The summed E-state index contributed by atoms with van der Waals surface area (Å²) in [6.07, 6.45) is 0.233. The van der Waals surface area contributed by atoms with Crippen LogP contribution in [0.4, 0.5) is 4.79 Å². The first-order valence-electron chi connectivity index (χ1n) is 7.74. The predicted molar refractivity (Wildman–Crippen MR) is 84.5 cm³/mol. The number of carbonyl (C=O) groups is 2. The van der Waals surface area contributed by atoms with E-state index in [1.54, 1.807) is 5.01 Å². The van der Waals surface area contributed by atoms with E-state index in [0.29, 0.717) is 19.4 Å². The summed E-state index contributed by atoms with van der Waals surface area (Å²) in [6.45, 7) is 5.58. The van der Waals surface area contributed by atoms with Gasteiger partial charge in [0.05, 0.1) is 13.2 Å². The van der Waals surface area contributed by atoms with Crippen molar-refractivity contribution >= 4 is 12.4 Å². The van der Waals surface area contributed by atoms with E-state index in [-0.39, 0.29) is 12.7 Å². The maximum Gasteiger partial charge on any atom is 0.424 e. The van der Waals surface area contributed by atoms with Gasteiger partial charge in [-0.25, -0.2) is 14.8 Å². The van der Waals surface area contributed by atoms with E-state index in [2.05, 4.69) is 34.2 Å². The van der Waals surface area contributed by atoms with Crippen LogP contribution < -0.4 is 0 Å². The molecule has 0 bridgehead atoms. The highest BCUT2D eigenvalue weighted by molar-refractivity contribution is 5.68. The number of piperazine rings is 1. The molecule has 0 spiro atoms. The highest BCUT2D eigenvalue weighted by Gasteiger charge is 2.30. The fourth-order valence-corrected chi connectivity index (χ4v) is 2.62. The lowest BCUT2D eigenvalue weighted by molar-refractivity contribution is -0.110. The van der Waals surface area contributed by atoms with E-state index in [1.165, 1.54) is 5.56 Å². The Balaban J connectivity index is 0.000000433. The molecular weight excluding hydrogens is 298 g/mol. The van der Waals surface area contributed by atoms with Crippen LogP contribution in [0.15, 0.2) is 30.3 Å². The van der Waals surface area contributed by atoms with Gasteiger partial charge in [0.15, 0.2) is 0 Å². The minimum Gasteiger partial charge on any atom is -0.447 e. The van der Waals surface area contributed by atoms with E-state index in [9.17, 15) is 4.79 Å². The topological polar surface area (TPSA) is 73.3 Å². The maximum atomic E-state index is 11.5. The molecule has 0 aromatic heterocycles. The monoisotopic (exact) mass is 321 g/mol. The molecule has 2 aliphatic rings. The van der Waals surface area contributed by atoms with E-state index < -0.39 is 0 Å². The number of amides is 1. The van der Waals surface area contributed by atoms with E-state index in [4.69, 9.17) is 14.6 Å². The van der Waals surface area contributed by atoms with Gasteiger partial charge in [-0.2, -0.15) is 0 Å². The standard InChI is InChI=1S/C14H19N3O2.C2H4O2/c18-14-17(10-11-19-14)16-8-6-15(7-9-16)12-13-4-2-1-3-5-13;3-1-2-4/h1-5H,6-12H2;1,4H,2H2. The number of aliphatic hydroxyl groups is 1. The van der Waals surface area contributed by atoms with E-state index in [1.807, 2.05) is 6.07 Å². The van der Waals surface area contributed by atoms with E-state index in [0.717, 1.165) is 32.7 Å². The Kier molecular flexibility index (Phi) is 6.99. The van der Waals surface area contributed by atoms with Gasteiger partial charge in [0, 0.05) is 32.7 Å². The van der Waals surface area contributed by atoms with Crippen LogP contribution in [0.25, 0.3) is 0 Å². The number of rotatable bonds is 4. The van der Waals surface area contributed by atoms with Crippen molar-refractivity contribution in [3.05, 3.63) is 35.9 Å². The maximum absolute atomic E-state index is 11.5. The Labute approximate surface area is 136 Å². The summed E-state index contributed by atoms with van der Waals surface area (Å²) in [4.78, 5) is 22.8. The Morgan fingerprint density at radius 2 is 1.74 bits per heavy atom. The lowest BCUT2D eigenvalue weighted by Crippen LogP contribution is -2.53. The predicted octanol–water partition coefficient (Wildman–Crippen LogP) is 0.349. The van der Waals surface area contributed by atoms with Gasteiger partial charge in [0.1, 0.15) is 12.9 Å². The molecule has 1 aromatic carbocycles. The number of aldehydes is 1. The molecule has 3 rings (SSSR count). The van der Waals surface area contributed by atoms with E-state index >= 15 is 0 Å². The van der Waals surface area contributed by atoms with Crippen LogP contribution in [0.1, 0.15) is 5.56 Å². The van der Waals surface area contributed by atoms with Crippen LogP contribution in [0, 0.1) is 0 Å². The SMILES string of the molecule is O=C1OCCN1N1CCN(Cc2ccccc2)CC1.O=CCO. The first-order valence-corrected chi connectivity index (χ1v) is 7.74. The third kappa shape index (κ3) is 5.31. The molecule has 0 radical (unpaired) electrons. The van der Waals surface area contributed by atoms with Crippen molar-refractivity contribution < 1.29 is 19.4 Å². The molecule has 0 unspecified atom stereocenters. The number of cyclic esters (lactones) is 1. The molecule has 2 heterocycles. The fourth-order valence-electron chi connectivity index (χ4n) is 2.62. The average Bonchev–Trinajstić information content (AvgIpc) is 3.03. The summed E-state index contributed by atoms with van der Waals surface area (Å²) in [5.41, 5.74) is 1.34. The largest absolute Gasteiger partial charge is 0.447 e. The Hall–Kier alpha value is -1.96. The van der Waals surface area contributed by atoms with Crippen LogP contribution >= 0.6 is 0 Å². The number of benzene rings is 1. The molecule has 1 aromatic rings. The average molecular weight is 321 g/mol. The van der Waals surface area contributed by atoms with Crippen LogP contribution in [-0.4, -0.2) is 78.3 Å². The van der Waals surface area contributed by atoms with Crippen molar-refractivity contribution in [1.29, 1.82) is 0 Å². The van der Waals surface area contributed by atoms with Crippen molar-refractivity contribution in [2.45, 2.75) is 6.54 Å². The highest BCUT2D eigenvalue weighted by Crippen LogP contribution is 2.13. The Morgan fingerprint density at radius 3 is 2.26 bits per heavy atom. The van der Waals surface area contributed by atoms with Gasteiger partial charge >= 0.3 is 6.09 Å². The van der Waals surface area contributed by atoms with Crippen molar-refractivity contribution in [2.24, 2.45) is 0 Å². The molecule has 0 saturated carbocycles. The molecule has 1 N–H and O–H groups in total. The van der Waals surface area contributed by atoms with Gasteiger partial charge in [0.2, 0.25) is 0 Å². The Bertz CT molecular complexity index is 489. The van der Waals surface area contributed by atoms with Crippen molar-refractivity contribution in [3.8, 4) is 0 Å². The smallest absolute Gasteiger partial charge is 0.424 e. The summed E-state index contributed by atoms with van der Waals surface area (Å²) < 4.78 is 4.97. The number of carbonyl (C=O) groups excluding carboxylic acids is 2. The summed E-state index contributed by atoms with van der Waals surface area (Å²) in [5, 5.41) is 11.4. The lowest BCUT2D eigenvalue weighted by Gasteiger charge is -2.38. The number of aliphatic hydroxyl groups excluding tert-OH is 1. The van der Waals surface area contributed by atoms with Gasteiger partial charge in [-0.3, -0.25) is 4.90 Å². The van der Waals surface area contributed by atoms with Crippen LogP contribution in [-0.2, 0) is 16.1 Å². The zero-order chi connectivity index (χ0) is 16.5. The number of nitrogens with zero attached hydrogens (tertiary/aromatic N) is 3. The third-order valence-corrected chi connectivity index (χ3v) is 3.75. The normalized spacial score (nSPS) is 19.0. The van der Waals surface area contributed by atoms with Gasteiger partial charge in [-0.05, 0) is 5.56 Å². The molecule has 23 heavy (non-hydrogen) atoms. The second kappa shape index (κ2) is 9.24. The van der Waals surface area contributed by atoms with Gasteiger partial charge in [0.25, 0.3) is 0 Å². The first kappa shape index (κ1) is 17.4. The van der Waals surface area contributed by atoms with Crippen molar-refractivity contribution in [2.75, 3.05) is 45.9 Å². The minimum absolute atomic E-state index is 0.198. The zero-order valence-electron chi connectivity index (χ0n) is 13.1. The molecule has 2 fully saturated rings. The number of hydrogen-bond acceptors (Lipinski definition) is 6. The second-order valence-electron chi connectivity index (χ2n) is 5.30. The molecule has 7 nitrogen and oxygen atoms in total. The fraction of sp³-hybridized carbons (Fsp3) is 0.500. The molecule has 2 saturated heterocycles. The highest BCUT2D eigenvalue weighted by atomic mass is 16.6. The number of hydrogen-bond donors (Lipinski definition) is 1. The zero-order valence-corrected chi connectivity index (χ0v) is 13.1. The summed E-state index contributed by atoms with van der Waals surface area (Å²) in [6, 6.07) is 10.5. The quantitative estimate of drug-likeness (QED) is 0.807. The Morgan fingerprint density at radius 1 is 1.09 bits per heavy atom. The molecule has 0 aliphatic carbocycles. The first-order chi connectivity index (χ1) is 11.2. The molecule has 1 amide bonds. The second-order valence-corrected chi connectivity index (χ2v) is 5.30.